The van der Waals surface area contributed by atoms with Crippen LogP contribution in [0.2, 0.25) is 0 Å². The summed E-state index contributed by atoms with van der Waals surface area (Å²) < 4.78 is 5.84. The Morgan fingerprint density at radius 3 is 2.33 bits per heavy atom. The van der Waals surface area contributed by atoms with Crippen molar-refractivity contribution >= 4 is 0 Å². The number of aryl methyl sites for hydroxylation is 1. The molecule has 0 aliphatic rings. The van der Waals surface area contributed by atoms with Gasteiger partial charge in [-0.05, 0) is 37.3 Å². The Morgan fingerprint density at radius 1 is 0.857 bits per heavy atom. The Labute approximate surface area is 130 Å². The van der Waals surface area contributed by atoms with E-state index in [9.17, 15) is 0 Å². The second-order valence-corrected chi connectivity index (χ2v) is 5.76. The van der Waals surface area contributed by atoms with Gasteiger partial charge in [0.25, 0.3) is 0 Å². The van der Waals surface area contributed by atoms with E-state index >= 15 is 0 Å². The van der Waals surface area contributed by atoms with Gasteiger partial charge in [-0.2, -0.15) is 0 Å². The zero-order chi connectivity index (χ0) is 15.2. The molecule has 0 spiro atoms. The van der Waals surface area contributed by atoms with Gasteiger partial charge in [-0.15, -0.1) is 0 Å². The molecule has 0 radical (unpaired) electrons. The minimum atomic E-state index is 0.253. The largest absolute Gasteiger partial charge is 0.493 e. The quantitative estimate of drug-likeness (QED) is 0.511. The highest BCUT2D eigenvalue weighted by Gasteiger charge is 2.02. The third-order valence-electron chi connectivity index (χ3n) is 3.83. The maximum atomic E-state index is 8.78. The maximum absolute atomic E-state index is 8.78. The van der Waals surface area contributed by atoms with Crippen LogP contribution in [0.5, 0.6) is 5.75 Å². The van der Waals surface area contributed by atoms with Crippen LogP contribution in [0.4, 0.5) is 0 Å². The van der Waals surface area contributed by atoms with Gasteiger partial charge in [0.05, 0.1) is 6.61 Å². The van der Waals surface area contributed by atoms with E-state index in [1.807, 2.05) is 6.07 Å². The molecule has 0 aliphatic heterocycles. The van der Waals surface area contributed by atoms with E-state index < -0.39 is 0 Å². The highest BCUT2D eigenvalue weighted by Crippen LogP contribution is 2.21. The first-order valence-electron chi connectivity index (χ1n) is 8.70. The van der Waals surface area contributed by atoms with E-state index in [4.69, 9.17) is 9.84 Å². The summed E-state index contributed by atoms with van der Waals surface area (Å²) in [4.78, 5) is 0. The predicted octanol–water partition coefficient (Wildman–Crippen LogP) is 5.13. The molecule has 21 heavy (non-hydrogen) atoms. The van der Waals surface area contributed by atoms with Crippen molar-refractivity contribution in [2.24, 2.45) is 0 Å². The van der Waals surface area contributed by atoms with Gasteiger partial charge in [0.1, 0.15) is 5.75 Å². The zero-order valence-electron chi connectivity index (χ0n) is 13.7. The second-order valence-electron chi connectivity index (χ2n) is 5.76. The van der Waals surface area contributed by atoms with E-state index in [0.29, 0.717) is 6.61 Å². The molecule has 120 valence electrons. The molecular weight excluding hydrogens is 260 g/mol. The van der Waals surface area contributed by atoms with E-state index in [-0.39, 0.29) is 6.61 Å². The van der Waals surface area contributed by atoms with Crippen molar-refractivity contribution in [3.8, 4) is 5.75 Å². The minimum Gasteiger partial charge on any atom is -0.493 e. The molecule has 0 atom stereocenters. The summed E-state index contributed by atoms with van der Waals surface area (Å²) in [5.74, 6) is 1.03. The van der Waals surface area contributed by atoms with Crippen molar-refractivity contribution in [3.63, 3.8) is 0 Å². The molecule has 1 aromatic rings. The lowest BCUT2D eigenvalue weighted by atomic mass is 10.0. The molecule has 0 saturated carbocycles. The Morgan fingerprint density at radius 2 is 1.57 bits per heavy atom. The molecule has 2 heteroatoms. The maximum Gasteiger partial charge on any atom is 0.122 e. The number of aliphatic hydroxyl groups is 1. The van der Waals surface area contributed by atoms with Crippen molar-refractivity contribution in [2.75, 3.05) is 13.2 Å². The number of ether oxygens (including phenoxy) is 1. The summed E-state index contributed by atoms with van der Waals surface area (Å²) in [7, 11) is 0. The fourth-order valence-electron chi connectivity index (χ4n) is 2.52. The summed E-state index contributed by atoms with van der Waals surface area (Å²) in [6.45, 7) is 3.22. The van der Waals surface area contributed by atoms with Crippen LogP contribution in [-0.4, -0.2) is 18.3 Å². The van der Waals surface area contributed by atoms with Crippen LogP contribution in [0.3, 0.4) is 0 Å². The molecule has 0 saturated heterocycles. The van der Waals surface area contributed by atoms with E-state index in [2.05, 4.69) is 25.1 Å². The zero-order valence-corrected chi connectivity index (χ0v) is 13.7. The number of unbranched alkanes of at least 4 members (excludes halogenated alkanes) is 7. The van der Waals surface area contributed by atoms with Gasteiger partial charge >= 0.3 is 0 Å². The standard InChI is InChI=1S/C19H32O2/c1-2-3-4-5-6-7-8-13-18-14-9-10-15-19(18)21-17-12-11-16-20/h9-10,14-15,20H,2-8,11-13,16-17H2,1H3. The summed E-state index contributed by atoms with van der Waals surface area (Å²) >= 11 is 0. The van der Waals surface area contributed by atoms with Crippen LogP contribution in [0.1, 0.15) is 70.3 Å². The van der Waals surface area contributed by atoms with Crippen LogP contribution in [0, 0.1) is 0 Å². The first kappa shape index (κ1) is 18.0. The van der Waals surface area contributed by atoms with Crippen molar-refractivity contribution in [2.45, 2.75) is 71.1 Å². The lowest BCUT2D eigenvalue weighted by Crippen LogP contribution is -2.01. The Bertz CT molecular complexity index is 349. The van der Waals surface area contributed by atoms with Gasteiger partial charge in [-0.25, -0.2) is 0 Å². The molecule has 0 fully saturated rings. The predicted molar refractivity (Wildman–Crippen MR) is 90.0 cm³/mol. The first-order valence-corrected chi connectivity index (χ1v) is 8.70. The highest BCUT2D eigenvalue weighted by molar-refractivity contribution is 5.33. The van der Waals surface area contributed by atoms with Crippen LogP contribution >= 0.6 is 0 Å². The monoisotopic (exact) mass is 292 g/mol. The SMILES string of the molecule is CCCCCCCCCc1ccccc1OCCCCO. The fraction of sp³-hybridized carbons (Fsp3) is 0.684. The number of hydrogen-bond donors (Lipinski definition) is 1. The van der Waals surface area contributed by atoms with E-state index in [0.717, 1.165) is 25.0 Å². The van der Waals surface area contributed by atoms with Crippen LogP contribution in [0.25, 0.3) is 0 Å². The summed E-state index contributed by atoms with van der Waals surface area (Å²) in [6, 6.07) is 8.38. The van der Waals surface area contributed by atoms with Crippen molar-refractivity contribution in [3.05, 3.63) is 29.8 Å². The second kappa shape index (κ2) is 12.7. The third kappa shape index (κ3) is 8.77. The normalized spacial score (nSPS) is 10.8. The van der Waals surface area contributed by atoms with Gasteiger partial charge in [0.15, 0.2) is 0 Å². The van der Waals surface area contributed by atoms with Gasteiger partial charge in [-0.3, -0.25) is 0 Å². The highest BCUT2D eigenvalue weighted by atomic mass is 16.5. The molecule has 0 aliphatic carbocycles. The molecule has 0 heterocycles. The summed E-state index contributed by atoms with van der Waals surface area (Å²) in [5, 5.41) is 8.78. The lowest BCUT2D eigenvalue weighted by molar-refractivity contribution is 0.252. The molecular formula is C19H32O2. The number of hydrogen-bond acceptors (Lipinski definition) is 2. The molecule has 2 nitrogen and oxygen atoms in total. The Balaban J connectivity index is 2.21. The molecule has 0 amide bonds. The Hall–Kier alpha value is -1.02. The third-order valence-corrected chi connectivity index (χ3v) is 3.83. The minimum absolute atomic E-state index is 0.253. The molecule has 0 unspecified atom stereocenters. The first-order chi connectivity index (χ1) is 10.4. The topological polar surface area (TPSA) is 29.5 Å². The van der Waals surface area contributed by atoms with E-state index in [1.165, 1.54) is 50.5 Å². The van der Waals surface area contributed by atoms with Crippen LogP contribution in [0.15, 0.2) is 24.3 Å². The molecule has 1 rings (SSSR count). The Kier molecular flexibility index (Phi) is 10.9. The van der Waals surface area contributed by atoms with Gasteiger partial charge in [0, 0.05) is 6.61 Å². The van der Waals surface area contributed by atoms with Gasteiger partial charge in [-0.1, -0.05) is 63.6 Å². The molecule has 0 aromatic heterocycles. The van der Waals surface area contributed by atoms with Gasteiger partial charge < -0.3 is 9.84 Å². The summed E-state index contributed by atoms with van der Waals surface area (Å²) in [5.41, 5.74) is 1.33. The smallest absolute Gasteiger partial charge is 0.122 e. The van der Waals surface area contributed by atoms with Crippen molar-refractivity contribution in [1.29, 1.82) is 0 Å². The van der Waals surface area contributed by atoms with Crippen LogP contribution < -0.4 is 4.74 Å². The number of benzene rings is 1. The van der Waals surface area contributed by atoms with E-state index in [1.54, 1.807) is 0 Å². The lowest BCUT2D eigenvalue weighted by Gasteiger charge is -2.11. The number of aliphatic hydroxyl groups excluding tert-OH is 1. The fourth-order valence-corrected chi connectivity index (χ4v) is 2.52. The molecule has 1 N–H and O–H groups in total. The number of para-hydroxylation sites is 1. The molecule has 1 aromatic carbocycles. The van der Waals surface area contributed by atoms with Crippen molar-refractivity contribution < 1.29 is 9.84 Å². The number of rotatable bonds is 13. The molecule has 0 bridgehead atoms. The van der Waals surface area contributed by atoms with Crippen molar-refractivity contribution in [1.82, 2.24) is 0 Å². The van der Waals surface area contributed by atoms with Gasteiger partial charge in [0.2, 0.25) is 0 Å². The summed E-state index contributed by atoms with van der Waals surface area (Å²) in [6.07, 6.45) is 12.3. The average molecular weight is 292 g/mol. The average Bonchev–Trinajstić information content (AvgIpc) is 2.52. The van der Waals surface area contributed by atoms with Crippen LogP contribution in [-0.2, 0) is 6.42 Å².